The van der Waals surface area contributed by atoms with Crippen LogP contribution in [0.1, 0.15) is 26.7 Å². The van der Waals surface area contributed by atoms with Crippen molar-refractivity contribution in [3.63, 3.8) is 0 Å². The second-order valence-corrected chi connectivity index (χ2v) is 2.34. The molecule has 68 valence electrons. The predicted molar refractivity (Wildman–Crippen MR) is 43.5 cm³/mol. The second-order valence-electron chi connectivity index (χ2n) is 2.34. The van der Waals surface area contributed by atoms with Crippen molar-refractivity contribution in [1.29, 1.82) is 0 Å². The van der Waals surface area contributed by atoms with Crippen molar-refractivity contribution in [3.05, 3.63) is 23.3 Å². The fourth-order valence-electron chi connectivity index (χ4n) is 0.810. The molecule has 0 fully saturated rings. The average molecular weight is 180 g/mol. The summed E-state index contributed by atoms with van der Waals surface area (Å²) < 4.78 is 4.46. The molecule has 0 saturated carbocycles. The van der Waals surface area contributed by atoms with Crippen molar-refractivity contribution in [2.75, 3.05) is 7.11 Å². The fourth-order valence-corrected chi connectivity index (χ4v) is 0.810. The van der Waals surface area contributed by atoms with Gasteiger partial charge in [0.15, 0.2) is 12.0 Å². The summed E-state index contributed by atoms with van der Waals surface area (Å²) in [6.45, 7) is 1.62. The minimum absolute atomic E-state index is 0.0760. The Hall–Kier alpha value is -1.78. The second kappa shape index (κ2) is 3.75. The maximum atomic E-state index is 11.1. The number of rotatable bonds is 2. The molecule has 0 N–H and O–H groups in total. The number of hydrogen-bond donors (Lipinski definition) is 0. The first-order valence-corrected chi connectivity index (χ1v) is 3.56. The number of aldehydes is 1. The minimum Gasteiger partial charge on any atom is -0.464 e. The summed E-state index contributed by atoms with van der Waals surface area (Å²) in [5, 5.41) is 0. The third-order valence-electron chi connectivity index (χ3n) is 1.47. The Kier molecular flexibility index (Phi) is 2.69. The van der Waals surface area contributed by atoms with Crippen LogP contribution in [0.4, 0.5) is 0 Å². The van der Waals surface area contributed by atoms with Gasteiger partial charge in [-0.2, -0.15) is 0 Å². The van der Waals surface area contributed by atoms with Crippen molar-refractivity contribution in [2.24, 2.45) is 0 Å². The van der Waals surface area contributed by atoms with Crippen LogP contribution in [0.5, 0.6) is 0 Å². The van der Waals surface area contributed by atoms with E-state index in [0.717, 1.165) is 0 Å². The number of aryl methyl sites for hydroxylation is 1. The van der Waals surface area contributed by atoms with Crippen LogP contribution in [-0.4, -0.2) is 29.3 Å². The Bertz CT molecular complexity index is 349. The number of esters is 1. The molecule has 0 aromatic carbocycles. The summed E-state index contributed by atoms with van der Waals surface area (Å²) in [7, 11) is 1.25. The molecule has 0 spiro atoms. The Morgan fingerprint density at radius 2 is 2.31 bits per heavy atom. The molecule has 5 heteroatoms. The van der Waals surface area contributed by atoms with Gasteiger partial charge in [-0.15, -0.1) is 0 Å². The molecule has 0 atom stereocenters. The van der Waals surface area contributed by atoms with E-state index >= 15 is 0 Å². The van der Waals surface area contributed by atoms with Gasteiger partial charge >= 0.3 is 5.97 Å². The molecule has 0 bridgehead atoms. The third kappa shape index (κ3) is 1.87. The number of ether oxygens (including phenoxy) is 1. The molecule has 0 saturated heterocycles. The lowest BCUT2D eigenvalue weighted by Crippen LogP contribution is -2.09. The van der Waals surface area contributed by atoms with E-state index < -0.39 is 5.97 Å². The quantitative estimate of drug-likeness (QED) is 0.486. The van der Waals surface area contributed by atoms with E-state index in [-0.39, 0.29) is 11.4 Å². The molecule has 0 amide bonds. The van der Waals surface area contributed by atoms with E-state index in [2.05, 4.69) is 14.7 Å². The highest BCUT2D eigenvalue weighted by Gasteiger charge is 2.12. The molecule has 13 heavy (non-hydrogen) atoms. The molecule has 1 aromatic rings. The molecule has 1 heterocycles. The van der Waals surface area contributed by atoms with Gasteiger partial charge in [-0.3, -0.25) is 9.78 Å². The van der Waals surface area contributed by atoms with Crippen molar-refractivity contribution >= 4 is 12.3 Å². The van der Waals surface area contributed by atoms with Crippen LogP contribution in [0.3, 0.4) is 0 Å². The van der Waals surface area contributed by atoms with Crippen LogP contribution in [0.2, 0.25) is 0 Å². The van der Waals surface area contributed by atoms with E-state index in [1.54, 1.807) is 6.92 Å². The number of methoxy groups -OCH3 is 1. The van der Waals surface area contributed by atoms with Gasteiger partial charge in [-0.1, -0.05) is 0 Å². The lowest BCUT2D eigenvalue weighted by Gasteiger charge is -2.01. The van der Waals surface area contributed by atoms with Crippen LogP contribution in [0.15, 0.2) is 6.20 Å². The summed E-state index contributed by atoms with van der Waals surface area (Å²) in [4.78, 5) is 29.0. The summed E-state index contributed by atoms with van der Waals surface area (Å²) in [6, 6.07) is 0. The maximum absolute atomic E-state index is 11.1. The molecular weight excluding hydrogens is 172 g/mol. The van der Waals surface area contributed by atoms with Crippen LogP contribution >= 0.6 is 0 Å². The minimum atomic E-state index is -0.589. The lowest BCUT2D eigenvalue weighted by molar-refractivity contribution is 0.0592. The summed E-state index contributed by atoms with van der Waals surface area (Å²) in [6.07, 6.45) is 1.83. The number of carbonyl (C=O) groups is 2. The first kappa shape index (κ1) is 9.31. The van der Waals surface area contributed by atoms with Gasteiger partial charge in [0.1, 0.15) is 5.69 Å². The molecule has 1 aromatic heterocycles. The molecule has 0 radical (unpaired) electrons. The first-order valence-electron chi connectivity index (χ1n) is 3.56. The summed E-state index contributed by atoms with van der Waals surface area (Å²) in [5.41, 5.74) is 0.635. The normalized spacial score (nSPS) is 9.38. The lowest BCUT2D eigenvalue weighted by atomic mass is 10.3. The zero-order chi connectivity index (χ0) is 9.84. The zero-order valence-electron chi connectivity index (χ0n) is 7.27. The van der Waals surface area contributed by atoms with Crippen molar-refractivity contribution in [2.45, 2.75) is 6.92 Å². The largest absolute Gasteiger partial charge is 0.464 e. The average Bonchev–Trinajstić information content (AvgIpc) is 2.17. The number of aromatic nitrogens is 2. The molecule has 0 aliphatic heterocycles. The molecule has 0 aliphatic carbocycles. The topological polar surface area (TPSA) is 69.2 Å². The summed E-state index contributed by atoms with van der Waals surface area (Å²) >= 11 is 0. The molecule has 5 nitrogen and oxygen atoms in total. The van der Waals surface area contributed by atoms with Crippen LogP contribution in [0.25, 0.3) is 0 Å². The highest BCUT2D eigenvalue weighted by Crippen LogP contribution is 2.02. The standard InChI is InChI=1S/C8H8N2O3/c1-5-7(8(12)13-2)10-6(4-11)3-9-5/h3-4H,1-2H3. The van der Waals surface area contributed by atoms with E-state index in [9.17, 15) is 9.59 Å². The monoisotopic (exact) mass is 180 g/mol. The van der Waals surface area contributed by atoms with Gasteiger partial charge < -0.3 is 4.74 Å². The maximum Gasteiger partial charge on any atom is 0.358 e. The summed E-state index contributed by atoms with van der Waals surface area (Å²) in [5.74, 6) is -0.589. The fraction of sp³-hybridized carbons (Fsp3) is 0.250. The van der Waals surface area contributed by atoms with E-state index in [4.69, 9.17) is 0 Å². The van der Waals surface area contributed by atoms with Gasteiger partial charge in [0, 0.05) is 0 Å². The first-order chi connectivity index (χ1) is 6.19. The SMILES string of the molecule is COC(=O)c1nc(C=O)cnc1C. The van der Waals surface area contributed by atoms with Crippen LogP contribution in [-0.2, 0) is 4.74 Å². The number of nitrogens with zero attached hydrogens (tertiary/aromatic N) is 2. The van der Waals surface area contributed by atoms with Crippen molar-refractivity contribution < 1.29 is 14.3 Å². The van der Waals surface area contributed by atoms with Crippen molar-refractivity contribution in [3.8, 4) is 0 Å². The Balaban J connectivity index is 3.18. The predicted octanol–water partition coefficient (Wildman–Crippen LogP) is 0.384. The van der Waals surface area contributed by atoms with E-state index in [0.29, 0.717) is 12.0 Å². The van der Waals surface area contributed by atoms with Gasteiger partial charge in [-0.25, -0.2) is 9.78 Å². The molecule has 0 aliphatic rings. The molecule has 0 unspecified atom stereocenters. The Morgan fingerprint density at radius 1 is 1.62 bits per heavy atom. The highest BCUT2D eigenvalue weighted by molar-refractivity contribution is 5.89. The van der Waals surface area contributed by atoms with Gasteiger partial charge in [0.05, 0.1) is 19.0 Å². The highest BCUT2D eigenvalue weighted by atomic mass is 16.5. The van der Waals surface area contributed by atoms with Crippen molar-refractivity contribution in [1.82, 2.24) is 9.97 Å². The van der Waals surface area contributed by atoms with Gasteiger partial charge in [0.2, 0.25) is 0 Å². The van der Waals surface area contributed by atoms with Crippen LogP contribution < -0.4 is 0 Å². The van der Waals surface area contributed by atoms with Gasteiger partial charge in [0.25, 0.3) is 0 Å². The van der Waals surface area contributed by atoms with Crippen LogP contribution in [0, 0.1) is 6.92 Å². The molecular formula is C8H8N2O3. The number of hydrogen-bond acceptors (Lipinski definition) is 5. The van der Waals surface area contributed by atoms with E-state index in [1.807, 2.05) is 0 Å². The van der Waals surface area contributed by atoms with E-state index in [1.165, 1.54) is 13.3 Å². The third-order valence-corrected chi connectivity index (χ3v) is 1.47. The Labute approximate surface area is 74.8 Å². The smallest absolute Gasteiger partial charge is 0.358 e. The van der Waals surface area contributed by atoms with Gasteiger partial charge in [-0.05, 0) is 6.92 Å². The Morgan fingerprint density at radius 3 is 2.85 bits per heavy atom. The number of carbonyl (C=O) groups excluding carboxylic acids is 2. The zero-order valence-corrected chi connectivity index (χ0v) is 7.27. The molecule has 1 rings (SSSR count).